The maximum Gasteiger partial charge on any atom is 0.323 e. The monoisotopic (exact) mass is 268 g/mol. The Kier molecular flexibility index (Phi) is 4.51. The standard InChI is InChI=1S/C15H28N2O2/c1-11(2)16-15(14(18)19)9-5-8-13(10-15)17(3)12-6-4-7-12/h11-13,16H,4-10H2,1-3H3,(H,18,19). The number of carboxylic acid groups (broad SMARTS) is 1. The second kappa shape index (κ2) is 5.80. The van der Waals surface area contributed by atoms with E-state index >= 15 is 0 Å². The van der Waals surface area contributed by atoms with Gasteiger partial charge in [0.1, 0.15) is 5.54 Å². The molecule has 2 atom stereocenters. The first-order valence-corrected chi connectivity index (χ1v) is 7.67. The molecule has 2 rings (SSSR count). The maximum absolute atomic E-state index is 11.8. The van der Waals surface area contributed by atoms with Gasteiger partial charge in [-0.3, -0.25) is 10.1 Å². The summed E-state index contributed by atoms with van der Waals surface area (Å²) in [5.41, 5.74) is -0.713. The molecular weight excluding hydrogens is 240 g/mol. The number of carbonyl (C=O) groups is 1. The molecule has 0 heterocycles. The average Bonchev–Trinajstić information content (AvgIpc) is 2.25. The second-order valence-electron chi connectivity index (χ2n) is 6.69. The molecule has 0 saturated heterocycles. The Morgan fingerprint density at radius 3 is 2.37 bits per heavy atom. The summed E-state index contributed by atoms with van der Waals surface area (Å²) in [7, 11) is 2.18. The largest absolute Gasteiger partial charge is 0.480 e. The third kappa shape index (κ3) is 3.11. The summed E-state index contributed by atoms with van der Waals surface area (Å²) in [6.45, 7) is 4.06. The first kappa shape index (κ1) is 14.8. The molecule has 2 unspecified atom stereocenters. The van der Waals surface area contributed by atoms with Crippen LogP contribution in [0.5, 0.6) is 0 Å². The third-order valence-corrected chi connectivity index (χ3v) is 4.93. The van der Waals surface area contributed by atoms with Gasteiger partial charge in [0.05, 0.1) is 0 Å². The molecule has 0 aliphatic heterocycles. The van der Waals surface area contributed by atoms with Crippen molar-refractivity contribution in [2.45, 2.75) is 82.5 Å². The summed E-state index contributed by atoms with van der Waals surface area (Å²) in [6, 6.07) is 1.32. The summed E-state index contributed by atoms with van der Waals surface area (Å²) in [5.74, 6) is -0.673. The molecule has 2 aliphatic carbocycles. The van der Waals surface area contributed by atoms with Gasteiger partial charge < -0.3 is 10.0 Å². The molecule has 2 fully saturated rings. The van der Waals surface area contributed by atoms with E-state index in [1.807, 2.05) is 13.8 Å². The zero-order valence-corrected chi connectivity index (χ0v) is 12.5. The molecule has 0 radical (unpaired) electrons. The van der Waals surface area contributed by atoms with Gasteiger partial charge in [-0.15, -0.1) is 0 Å². The van der Waals surface area contributed by atoms with Crippen LogP contribution in [0.25, 0.3) is 0 Å². The van der Waals surface area contributed by atoms with Crippen LogP contribution in [0.3, 0.4) is 0 Å². The van der Waals surface area contributed by atoms with Crippen LogP contribution >= 0.6 is 0 Å². The van der Waals surface area contributed by atoms with Gasteiger partial charge in [-0.2, -0.15) is 0 Å². The van der Waals surface area contributed by atoms with Crippen LogP contribution in [0.1, 0.15) is 58.8 Å². The van der Waals surface area contributed by atoms with E-state index < -0.39 is 11.5 Å². The number of rotatable bonds is 5. The lowest BCUT2D eigenvalue weighted by atomic mass is 9.76. The van der Waals surface area contributed by atoms with Crippen molar-refractivity contribution in [1.82, 2.24) is 10.2 Å². The maximum atomic E-state index is 11.8. The quantitative estimate of drug-likeness (QED) is 0.803. The fourth-order valence-electron chi connectivity index (χ4n) is 3.63. The van der Waals surface area contributed by atoms with E-state index in [0.29, 0.717) is 12.1 Å². The van der Waals surface area contributed by atoms with E-state index in [2.05, 4.69) is 17.3 Å². The Labute approximate surface area is 116 Å². The van der Waals surface area contributed by atoms with Gasteiger partial charge in [-0.1, -0.05) is 6.42 Å². The van der Waals surface area contributed by atoms with Crippen molar-refractivity contribution in [1.29, 1.82) is 0 Å². The molecule has 0 amide bonds. The molecule has 0 aromatic carbocycles. The minimum Gasteiger partial charge on any atom is -0.480 e. The topological polar surface area (TPSA) is 52.6 Å². The number of nitrogens with zero attached hydrogens (tertiary/aromatic N) is 1. The first-order valence-electron chi connectivity index (χ1n) is 7.67. The number of carboxylic acids is 1. The fourth-order valence-corrected chi connectivity index (χ4v) is 3.63. The van der Waals surface area contributed by atoms with Crippen LogP contribution in [0.15, 0.2) is 0 Å². The molecule has 0 aromatic rings. The first-order chi connectivity index (χ1) is 8.94. The molecule has 110 valence electrons. The minimum atomic E-state index is -0.713. The van der Waals surface area contributed by atoms with Gasteiger partial charge in [-0.25, -0.2) is 0 Å². The highest BCUT2D eigenvalue weighted by Gasteiger charge is 2.45. The van der Waals surface area contributed by atoms with Crippen molar-refractivity contribution in [3.8, 4) is 0 Å². The number of nitrogens with one attached hydrogen (secondary N) is 1. The molecule has 0 bridgehead atoms. The van der Waals surface area contributed by atoms with Crippen molar-refractivity contribution in [2.75, 3.05) is 7.05 Å². The Morgan fingerprint density at radius 1 is 1.26 bits per heavy atom. The summed E-state index contributed by atoms with van der Waals surface area (Å²) >= 11 is 0. The average molecular weight is 268 g/mol. The highest BCUT2D eigenvalue weighted by Crippen LogP contribution is 2.35. The molecule has 2 N–H and O–H groups in total. The Balaban J connectivity index is 2.06. The van der Waals surface area contributed by atoms with Gasteiger partial charge in [0.25, 0.3) is 0 Å². The molecule has 4 nitrogen and oxygen atoms in total. The van der Waals surface area contributed by atoms with E-state index in [4.69, 9.17) is 0 Å². The Bertz CT molecular complexity index is 328. The van der Waals surface area contributed by atoms with Gasteiger partial charge in [-0.05, 0) is 59.4 Å². The van der Waals surface area contributed by atoms with E-state index in [1.54, 1.807) is 0 Å². The van der Waals surface area contributed by atoms with Crippen LogP contribution < -0.4 is 5.32 Å². The van der Waals surface area contributed by atoms with Gasteiger partial charge in [0.15, 0.2) is 0 Å². The minimum absolute atomic E-state index is 0.212. The van der Waals surface area contributed by atoms with Gasteiger partial charge in [0, 0.05) is 18.1 Å². The van der Waals surface area contributed by atoms with Gasteiger partial charge in [0.2, 0.25) is 0 Å². The highest BCUT2D eigenvalue weighted by molar-refractivity contribution is 5.79. The predicted molar refractivity (Wildman–Crippen MR) is 76.3 cm³/mol. The van der Waals surface area contributed by atoms with Crippen molar-refractivity contribution in [3.63, 3.8) is 0 Å². The molecule has 2 aliphatic rings. The van der Waals surface area contributed by atoms with Crippen LogP contribution in [0.2, 0.25) is 0 Å². The number of hydrogen-bond acceptors (Lipinski definition) is 3. The zero-order chi connectivity index (χ0) is 14.0. The van der Waals surface area contributed by atoms with Crippen molar-refractivity contribution in [3.05, 3.63) is 0 Å². The van der Waals surface area contributed by atoms with Crippen LogP contribution in [0.4, 0.5) is 0 Å². The van der Waals surface area contributed by atoms with Crippen molar-refractivity contribution < 1.29 is 9.90 Å². The van der Waals surface area contributed by atoms with E-state index in [1.165, 1.54) is 19.3 Å². The van der Waals surface area contributed by atoms with Crippen molar-refractivity contribution in [2.24, 2.45) is 0 Å². The molecule has 0 spiro atoms. The molecule has 19 heavy (non-hydrogen) atoms. The lowest BCUT2D eigenvalue weighted by Crippen LogP contribution is -2.60. The number of aliphatic carboxylic acids is 1. The molecule has 0 aromatic heterocycles. The summed E-state index contributed by atoms with van der Waals surface area (Å²) in [4.78, 5) is 14.2. The zero-order valence-electron chi connectivity index (χ0n) is 12.5. The van der Waals surface area contributed by atoms with Crippen LogP contribution in [-0.4, -0.2) is 46.7 Å². The van der Waals surface area contributed by atoms with Crippen LogP contribution in [0, 0.1) is 0 Å². The summed E-state index contributed by atoms with van der Waals surface area (Å²) < 4.78 is 0. The smallest absolute Gasteiger partial charge is 0.323 e. The number of hydrogen-bond donors (Lipinski definition) is 2. The lowest BCUT2D eigenvalue weighted by Gasteiger charge is -2.46. The van der Waals surface area contributed by atoms with Crippen LogP contribution in [-0.2, 0) is 4.79 Å². The molecule has 4 heteroatoms. The Morgan fingerprint density at radius 2 is 1.89 bits per heavy atom. The second-order valence-corrected chi connectivity index (χ2v) is 6.69. The Hall–Kier alpha value is -0.610. The normalized spacial score (nSPS) is 32.6. The highest BCUT2D eigenvalue weighted by atomic mass is 16.4. The molecular formula is C15H28N2O2. The fraction of sp³-hybridized carbons (Fsp3) is 0.933. The van der Waals surface area contributed by atoms with E-state index in [0.717, 1.165) is 25.7 Å². The van der Waals surface area contributed by atoms with Gasteiger partial charge >= 0.3 is 5.97 Å². The summed E-state index contributed by atoms with van der Waals surface area (Å²) in [6.07, 6.45) is 7.55. The summed E-state index contributed by atoms with van der Waals surface area (Å²) in [5, 5.41) is 13.0. The SMILES string of the molecule is CC(C)NC1(C(=O)O)CCCC(N(C)C2CCC2)C1. The predicted octanol–water partition coefficient (Wildman–Crippen LogP) is 2.23. The third-order valence-electron chi connectivity index (χ3n) is 4.93. The lowest BCUT2D eigenvalue weighted by molar-refractivity contribution is -0.148. The van der Waals surface area contributed by atoms with Crippen molar-refractivity contribution >= 4 is 5.97 Å². The van der Waals surface area contributed by atoms with E-state index in [9.17, 15) is 9.90 Å². The van der Waals surface area contributed by atoms with E-state index in [-0.39, 0.29) is 6.04 Å². The molecule has 2 saturated carbocycles.